The van der Waals surface area contributed by atoms with E-state index in [1.165, 1.54) is 5.56 Å². The summed E-state index contributed by atoms with van der Waals surface area (Å²) in [7, 11) is 0. The van der Waals surface area contributed by atoms with Gasteiger partial charge in [-0.1, -0.05) is 49.7 Å². The van der Waals surface area contributed by atoms with Crippen molar-refractivity contribution < 1.29 is 14.3 Å². The van der Waals surface area contributed by atoms with Gasteiger partial charge in [-0.25, -0.2) is 5.43 Å². The molecule has 0 aliphatic carbocycles. The van der Waals surface area contributed by atoms with Gasteiger partial charge in [0.05, 0.1) is 6.21 Å². The van der Waals surface area contributed by atoms with Crippen molar-refractivity contribution in [2.45, 2.75) is 33.3 Å². The van der Waals surface area contributed by atoms with Crippen molar-refractivity contribution in [1.82, 2.24) is 5.43 Å². The number of carbonyl (C=O) groups excluding carboxylic acids is 1. The zero-order chi connectivity index (χ0) is 22.9. The van der Waals surface area contributed by atoms with Gasteiger partial charge in [0.1, 0.15) is 18.1 Å². The Morgan fingerprint density at radius 3 is 2.44 bits per heavy atom. The highest BCUT2D eigenvalue weighted by atomic mass is 35.5. The Morgan fingerprint density at radius 2 is 1.75 bits per heavy atom. The van der Waals surface area contributed by atoms with Gasteiger partial charge in [0, 0.05) is 5.02 Å². The largest absolute Gasteiger partial charge is 0.489 e. The summed E-state index contributed by atoms with van der Waals surface area (Å²) < 4.78 is 11.4. The number of nitrogens with one attached hydrogen (secondary N) is 1. The van der Waals surface area contributed by atoms with E-state index in [1.54, 1.807) is 6.21 Å². The molecular weight excluding hydrogens is 424 g/mol. The fourth-order valence-corrected chi connectivity index (χ4v) is 3.01. The van der Waals surface area contributed by atoms with E-state index in [4.69, 9.17) is 21.1 Å². The summed E-state index contributed by atoms with van der Waals surface area (Å²) in [4.78, 5) is 12.1. The van der Waals surface area contributed by atoms with Gasteiger partial charge in [0.15, 0.2) is 6.61 Å². The Morgan fingerprint density at radius 1 is 1.03 bits per heavy atom. The Labute approximate surface area is 194 Å². The van der Waals surface area contributed by atoms with Crippen LogP contribution in [0.4, 0.5) is 0 Å². The minimum absolute atomic E-state index is 0.1000. The standard InChI is InChI=1S/C26H27ClN2O3/c1-18(2)22-9-4-19(3)25(14-22)32-17-26(30)29-28-15-20-7-12-24(13-8-20)31-16-21-5-10-23(27)11-6-21/h4-15,18H,16-17H2,1-3H3,(H,29,30)/b28-15+. The summed E-state index contributed by atoms with van der Waals surface area (Å²) in [6, 6.07) is 21.0. The lowest BCUT2D eigenvalue weighted by atomic mass is 10.0. The lowest BCUT2D eigenvalue weighted by molar-refractivity contribution is -0.123. The quantitative estimate of drug-likeness (QED) is 0.327. The summed E-state index contributed by atoms with van der Waals surface area (Å²) in [5.41, 5.74) is 6.52. The normalized spacial score (nSPS) is 11.0. The van der Waals surface area contributed by atoms with Crippen LogP contribution in [0.2, 0.25) is 5.02 Å². The van der Waals surface area contributed by atoms with Crippen LogP contribution in [0.1, 0.15) is 42.0 Å². The van der Waals surface area contributed by atoms with Crippen molar-refractivity contribution in [2.24, 2.45) is 5.10 Å². The van der Waals surface area contributed by atoms with Crippen LogP contribution < -0.4 is 14.9 Å². The molecule has 3 aromatic rings. The molecule has 0 saturated carbocycles. The average Bonchev–Trinajstić information content (AvgIpc) is 2.79. The first kappa shape index (κ1) is 23.4. The minimum atomic E-state index is -0.321. The molecule has 6 heteroatoms. The summed E-state index contributed by atoms with van der Waals surface area (Å²) in [6.45, 7) is 6.55. The molecular formula is C26H27ClN2O3. The third-order valence-electron chi connectivity index (χ3n) is 4.84. The lowest BCUT2D eigenvalue weighted by Crippen LogP contribution is -2.24. The van der Waals surface area contributed by atoms with E-state index in [0.717, 1.165) is 22.4 Å². The first-order valence-electron chi connectivity index (χ1n) is 10.4. The van der Waals surface area contributed by atoms with Crippen LogP contribution in [0.3, 0.4) is 0 Å². The number of nitrogens with zero attached hydrogens (tertiary/aromatic N) is 1. The van der Waals surface area contributed by atoms with Gasteiger partial charge in [-0.15, -0.1) is 0 Å². The second kappa shape index (κ2) is 11.3. The molecule has 166 valence electrons. The van der Waals surface area contributed by atoms with Crippen LogP contribution in [0.15, 0.2) is 71.8 Å². The highest BCUT2D eigenvalue weighted by Gasteiger charge is 2.07. The smallest absolute Gasteiger partial charge is 0.277 e. The van der Waals surface area contributed by atoms with Crippen LogP contribution in [-0.2, 0) is 11.4 Å². The molecule has 5 nitrogen and oxygen atoms in total. The number of hydrazone groups is 1. The Bertz CT molecular complexity index is 1060. The molecule has 0 spiro atoms. The molecule has 1 N–H and O–H groups in total. The molecule has 0 aromatic heterocycles. The highest BCUT2D eigenvalue weighted by Crippen LogP contribution is 2.24. The zero-order valence-corrected chi connectivity index (χ0v) is 19.2. The second-order valence-corrected chi connectivity index (χ2v) is 8.18. The van der Waals surface area contributed by atoms with Crippen LogP contribution in [0.5, 0.6) is 11.5 Å². The fourth-order valence-electron chi connectivity index (χ4n) is 2.88. The average molecular weight is 451 g/mol. The molecule has 3 aromatic carbocycles. The van der Waals surface area contributed by atoms with Crippen molar-refractivity contribution in [3.05, 3.63) is 94.0 Å². The van der Waals surface area contributed by atoms with E-state index in [-0.39, 0.29) is 12.5 Å². The van der Waals surface area contributed by atoms with Crippen LogP contribution >= 0.6 is 11.6 Å². The number of carbonyl (C=O) groups is 1. The maximum Gasteiger partial charge on any atom is 0.277 e. The molecule has 0 aliphatic heterocycles. The van der Waals surface area contributed by atoms with E-state index < -0.39 is 0 Å². The molecule has 3 rings (SSSR count). The number of amides is 1. The number of hydrogen-bond acceptors (Lipinski definition) is 4. The summed E-state index contributed by atoms with van der Waals surface area (Å²) in [5, 5.41) is 4.70. The van der Waals surface area contributed by atoms with E-state index >= 15 is 0 Å². The second-order valence-electron chi connectivity index (χ2n) is 7.75. The maximum absolute atomic E-state index is 12.1. The van der Waals surface area contributed by atoms with Gasteiger partial charge >= 0.3 is 0 Å². The summed E-state index contributed by atoms with van der Waals surface area (Å²) in [5.74, 6) is 1.53. The minimum Gasteiger partial charge on any atom is -0.489 e. The highest BCUT2D eigenvalue weighted by molar-refractivity contribution is 6.30. The van der Waals surface area contributed by atoms with Crippen molar-refractivity contribution in [1.29, 1.82) is 0 Å². The third kappa shape index (κ3) is 7.13. The molecule has 0 radical (unpaired) electrons. The van der Waals surface area contributed by atoms with E-state index in [9.17, 15) is 4.79 Å². The number of aryl methyl sites for hydroxylation is 1. The van der Waals surface area contributed by atoms with Crippen molar-refractivity contribution in [3.63, 3.8) is 0 Å². The fraction of sp³-hybridized carbons (Fsp3) is 0.231. The Kier molecular flexibility index (Phi) is 8.28. The molecule has 1 amide bonds. The Hall–Kier alpha value is -3.31. The van der Waals surface area contributed by atoms with Gasteiger partial charge in [-0.3, -0.25) is 4.79 Å². The maximum atomic E-state index is 12.1. The molecule has 32 heavy (non-hydrogen) atoms. The van der Waals surface area contributed by atoms with Crippen molar-refractivity contribution >= 4 is 23.7 Å². The van der Waals surface area contributed by atoms with E-state index in [2.05, 4.69) is 30.4 Å². The molecule has 0 saturated heterocycles. The molecule has 0 atom stereocenters. The van der Waals surface area contributed by atoms with E-state index in [1.807, 2.05) is 67.6 Å². The topological polar surface area (TPSA) is 59.9 Å². The predicted octanol–water partition coefficient (Wildman–Crippen LogP) is 5.88. The van der Waals surface area contributed by atoms with Crippen LogP contribution in [0, 0.1) is 6.92 Å². The molecule has 0 aliphatic rings. The van der Waals surface area contributed by atoms with Gasteiger partial charge in [-0.2, -0.15) is 5.10 Å². The van der Waals surface area contributed by atoms with Crippen molar-refractivity contribution in [2.75, 3.05) is 6.61 Å². The number of ether oxygens (including phenoxy) is 2. The van der Waals surface area contributed by atoms with E-state index in [0.29, 0.717) is 23.3 Å². The first-order chi connectivity index (χ1) is 15.4. The molecule has 0 bridgehead atoms. The molecule has 0 unspecified atom stereocenters. The lowest BCUT2D eigenvalue weighted by Gasteiger charge is -2.12. The van der Waals surface area contributed by atoms with Gasteiger partial charge in [-0.05, 0) is 77.6 Å². The number of rotatable bonds is 9. The number of benzene rings is 3. The molecule has 0 fully saturated rings. The van der Waals surface area contributed by atoms with Gasteiger partial charge in [0.25, 0.3) is 5.91 Å². The molecule has 0 heterocycles. The zero-order valence-electron chi connectivity index (χ0n) is 18.5. The first-order valence-corrected chi connectivity index (χ1v) is 10.8. The monoisotopic (exact) mass is 450 g/mol. The van der Waals surface area contributed by atoms with Gasteiger partial charge < -0.3 is 9.47 Å². The van der Waals surface area contributed by atoms with Gasteiger partial charge in [0.2, 0.25) is 0 Å². The summed E-state index contributed by atoms with van der Waals surface area (Å²) >= 11 is 5.89. The number of hydrogen-bond donors (Lipinski definition) is 1. The SMILES string of the molecule is Cc1ccc(C(C)C)cc1OCC(=O)N/N=C/c1ccc(OCc2ccc(Cl)cc2)cc1. The Balaban J connectivity index is 1.44. The van der Waals surface area contributed by atoms with Crippen molar-refractivity contribution in [3.8, 4) is 11.5 Å². The van der Waals surface area contributed by atoms with Crippen LogP contribution in [0.25, 0.3) is 0 Å². The number of halogens is 1. The third-order valence-corrected chi connectivity index (χ3v) is 5.09. The predicted molar refractivity (Wildman–Crippen MR) is 129 cm³/mol. The van der Waals surface area contributed by atoms with Crippen LogP contribution in [-0.4, -0.2) is 18.7 Å². The summed E-state index contributed by atoms with van der Waals surface area (Å²) in [6.07, 6.45) is 1.57.